The number of hydrogen-bond donors (Lipinski definition) is 0. The SMILES string of the molecule is c1ccc(CCc2noc(CN3CCC[C@H](c4nc5ccccc5o4)C3)n2)cc1. The minimum absolute atomic E-state index is 0.302. The summed E-state index contributed by atoms with van der Waals surface area (Å²) in [7, 11) is 0. The van der Waals surface area contributed by atoms with Crippen molar-refractivity contribution < 1.29 is 8.94 Å². The van der Waals surface area contributed by atoms with Crippen molar-refractivity contribution in [1.82, 2.24) is 20.0 Å². The smallest absolute Gasteiger partial charge is 0.240 e. The van der Waals surface area contributed by atoms with Crippen LogP contribution >= 0.6 is 0 Å². The molecule has 1 aliphatic rings. The fourth-order valence-corrected chi connectivity index (χ4v) is 4.01. The van der Waals surface area contributed by atoms with Crippen molar-refractivity contribution in [2.75, 3.05) is 13.1 Å². The van der Waals surface area contributed by atoms with E-state index in [-0.39, 0.29) is 0 Å². The molecule has 1 atom stereocenters. The molecule has 3 heterocycles. The van der Waals surface area contributed by atoms with E-state index in [0.29, 0.717) is 18.4 Å². The van der Waals surface area contributed by atoms with Crippen molar-refractivity contribution in [1.29, 1.82) is 0 Å². The van der Waals surface area contributed by atoms with E-state index in [9.17, 15) is 0 Å². The van der Waals surface area contributed by atoms with Crippen LogP contribution in [-0.4, -0.2) is 33.1 Å². The molecular formula is C23H24N4O2. The summed E-state index contributed by atoms with van der Waals surface area (Å²) in [5, 5.41) is 4.16. The maximum Gasteiger partial charge on any atom is 0.240 e. The van der Waals surface area contributed by atoms with Crippen LogP contribution in [0, 0.1) is 0 Å². The number of aromatic nitrogens is 3. The van der Waals surface area contributed by atoms with E-state index in [1.165, 1.54) is 5.56 Å². The predicted molar refractivity (Wildman–Crippen MR) is 109 cm³/mol. The third-order valence-corrected chi connectivity index (χ3v) is 5.51. The first-order chi connectivity index (χ1) is 14.3. The lowest BCUT2D eigenvalue weighted by Gasteiger charge is -2.29. The van der Waals surface area contributed by atoms with Crippen LogP contribution in [0.4, 0.5) is 0 Å². The van der Waals surface area contributed by atoms with E-state index in [1.807, 2.05) is 30.3 Å². The summed E-state index contributed by atoms with van der Waals surface area (Å²) in [6.07, 6.45) is 3.91. The van der Waals surface area contributed by atoms with Gasteiger partial charge in [-0.2, -0.15) is 4.98 Å². The number of para-hydroxylation sites is 2. The third-order valence-electron chi connectivity index (χ3n) is 5.51. The zero-order valence-corrected chi connectivity index (χ0v) is 16.3. The van der Waals surface area contributed by atoms with Gasteiger partial charge in [0.05, 0.1) is 6.54 Å². The number of benzene rings is 2. The van der Waals surface area contributed by atoms with Crippen LogP contribution in [0.5, 0.6) is 0 Å². The molecule has 148 valence electrons. The minimum atomic E-state index is 0.302. The van der Waals surface area contributed by atoms with Crippen LogP contribution in [-0.2, 0) is 19.4 Å². The number of aryl methyl sites for hydroxylation is 2. The molecule has 0 spiro atoms. The molecule has 2 aromatic carbocycles. The van der Waals surface area contributed by atoms with E-state index in [4.69, 9.17) is 13.9 Å². The molecule has 1 saturated heterocycles. The molecule has 29 heavy (non-hydrogen) atoms. The van der Waals surface area contributed by atoms with Gasteiger partial charge in [-0.05, 0) is 43.5 Å². The normalized spacial score (nSPS) is 17.7. The van der Waals surface area contributed by atoms with E-state index in [1.54, 1.807) is 0 Å². The van der Waals surface area contributed by atoms with Gasteiger partial charge in [0.1, 0.15) is 5.52 Å². The summed E-state index contributed by atoms with van der Waals surface area (Å²) in [5.74, 6) is 2.60. The molecule has 0 N–H and O–H groups in total. The highest BCUT2D eigenvalue weighted by Gasteiger charge is 2.26. The molecule has 0 amide bonds. The van der Waals surface area contributed by atoms with Gasteiger partial charge in [-0.3, -0.25) is 4.90 Å². The highest BCUT2D eigenvalue weighted by atomic mass is 16.5. The van der Waals surface area contributed by atoms with Crippen LogP contribution in [0.2, 0.25) is 0 Å². The largest absolute Gasteiger partial charge is 0.440 e. The quantitative estimate of drug-likeness (QED) is 0.488. The molecule has 0 aliphatic carbocycles. The van der Waals surface area contributed by atoms with Gasteiger partial charge in [0.15, 0.2) is 17.3 Å². The molecule has 6 heteroatoms. The van der Waals surface area contributed by atoms with Crippen molar-refractivity contribution in [2.45, 2.75) is 38.1 Å². The van der Waals surface area contributed by atoms with Gasteiger partial charge in [0.2, 0.25) is 5.89 Å². The van der Waals surface area contributed by atoms with Gasteiger partial charge in [-0.15, -0.1) is 0 Å². The number of oxazole rings is 1. The van der Waals surface area contributed by atoms with Crippen LogP contribution in [0.3, 0.4) is 0 Å². The molecule has 5 rings (SSSR count). The maximum atomic E-state index is 5.99. The van der Waals surface area contributed by atoms with Crippen molar-refractivity contribution in [2.24, 2.45) is 0 Å². The highest BCUT2D eigenvalue weighted by molar-refractivity contribution is 5.72. The molecule has 2 aromatic heterocycles. The van der Waals surface area contributed by atoms with E-state index in [2.05, 4.69) is 39.3 Å². The lowest BCUT2D eigenvalue weighted by Crippen LogP contribution is -2.34. The van der Waals surface area contributed by atoms with E-state index < -0.39 is 0 Å². The molecule has 0 radical (unpaired) electrons. The van der Waals surface area contributed by atoms with Crippen LogP contribution in [0.25, 0.3) is 11.1 Å². The second-order valence-corrected chi connectivity index (χ2v) is 7.68. The molecule has 4 aromatic rings. The number of fused-ring (bicyclic) bond motifs is 1. The predicted octanol–water partition coefficient (Wildman–Crippen LogP) is 4.38. The molecule has 0 saturated carbocycles. The van der Waals surface area contributed by atoms with Gasteiger partial charge >= 0.3 is 0 Å². The highest BCUT2D eigenvalue weighted by Crippen LogP contribution is 2.29. The molecule has 0 bridgehead atoms. The summed E-state index contributed by atoms with van der Waals surface area (Å²) in [5.41, 5.74) is 3.08. The fraction of sp³-hybridized carbons (Fsp3) is 0.348. The van der Waals surface area contributed by atoms with Crippen LogP contribution in [0.1, 0.15) is 41.9 Å². The van der Waals surface area contributed by atoms with Crippen LogP contribution < -0.4 is 0 Å². The van der Waals surface area contributed by atoms with Crippen molar-refractivity contribution in [3.05, 3.63) is 77.8 Å². The van der Waals surface area contributed by atoms with Gasteiger partial charge in [-0.25, -0.2) is 4.98 Å². The fourth-order valence-electron chi connectivity index (χ4n) is 4.01. The third kappa shape index (κ3) is 4.22. The molecule has 1 aliphatic heterocycles. The number of rotatable bonds is 6. The van der Waals surface area contributed by atoms with Crippen molar-refractivity contribution in [3.63, 3.8) is 0 Å². The Bertz CT molecular complexity index is 1040. The summed E-state index contributed by atoms with van der Waals surface area (Å²) >= 11 is 0. The van der Waals surface area contributed by atoms with Crippen molar-refractivity contribution in [3.8, 4) is 0 Å². The zero-order chi connectivity index (χ0) is 19.5. The Kier molecular flexibility index (Phi) is 5.09. The lowest BCUT2D eigenvalue weighted by molar-refractivity contribution is 0.167. The Labute approximate surface area is 169 Å². The molecular weight excluding hydrogens is 364 g/mol. The Morgan fingerprint density at radius 2 is 1.83 bits per heavy atom. The second kappa shape index (κ2) is 8.17. The van der Waals surface area contributed by atoms with Crippen molar-refractivity contribution >= 4 is 11.1 Å². The van der Waals surface area contributed by atoms with Gasteiger partial charge < -0.3 is 8.94 Å². The Morgan fingerprint density at radius 1 is 0.966 bits per heavy atom. The van der Waals surface area contributed by atoms with Crippen LogP contribution in [0.15, 0.2) is 63.5 Å². The second-order valence-electron chi connectivity index (χ2n) is 7.68. The first-order valence-electron chi connectivity index (χ1n) is 10.3. The summed E-state index contributed by atoms with van der Waals surface area (Å²) in [4.78, 5) is 11.6. The van der Waals surface area contributed by atoms with Gasteiger partial charge in [0, 0.05) is 18.9 Å². The average molecular weight is 388 g/mol. The summed E-state index contributed by atoms with van der Waals surface area (Å²) in [6, 6.07) is 18.3. The number of hydrogen-bond acceptors (Lipinski definition) is 6. The van der Waals surface area contributed by atoms with Gasteiger partial charge in [-0.1, -0.05) is 47.6 Å². The number of likely N-dealkylation sites (tertiary alicyclic amines) is 1. The zero-order valence-electron chi connectivity index (χ0n) is 16.3. The van der Waals surface area contributed by atoms with Gasteiger partial charge in [0.25, 0.3) is 0 Å². The standard InChI is InChI=1S/C23H24N4O2/c1-2-7-17(8-3-1)12-13-21-25-22(29-26-21)16-27-14-6-9-18(15-27)23-24-19-10-4-5-11-20(19)28-23/h1-5,7-8,10-11,18H,6,9,12-16H2/t18-/m0/s1. The molecule has 1 fully saturated rings. The lowest BCUT2D eigenvalue weighted by atomic mass is 9.98. The molecule has 0 unspecified atom stereocenters. The summed E-state index contributed by atoms with van der Waals surface area (Å²) < 4.78 is 11.5. The topological polar surface area (TPSA) is 68.2 Å². The Hall–Kier alpha value is -2.99. The number of nitrogens with zero attached hydrogens (tertiary/aromatic N) is 4. The molecule has 6 nitrogen and oxygen atoms in total. The van der Waals surface area contributed by atoms with E-state index in [0.717, 1.165) is 61.6 Å². The maximum absolute atomic E-state index is 5.99. The Morgan fingerprint density at radius 3 is 2.72 bits per heavy atom. The minimum Gasteiger partial charge on any atom is -0.440 e. The number of piperidine rings is 1. The first-order valence-corrected chi connectivity index (χ1v) is 10.3. The summed E-state index contributed by atoms with van der Waals surface area (Å²) in [6.45, 7) is 2.60. The Balaban J connectivity index is 1.20. The van der Waals surface area contributed by atoms with E-state index >= 15 is 0 Å². The average Bonchev–Trinajstić information content (AvgIpc) is 3.40. The monoisotopic (exact) mass is 388 g/mol. The first kappa shape index (κ1) is 18.1.